The Labute approximate surface area is 158 Å². The van der Waals surface area contributed by atoms with Crippen molar-refractivity contribution < 1.29 is 23.4 Å². The first-order chi connectivity index (χ1) is 13.0. The maximum atomic E-state index is 14.2. The number of hydrogen-bond acceptors (Lipinski definition) is 7. The number of hydrogen-bond donors (Lipinski definition) is 2. The van der Waals surface area contributed by atoms with Gasteiger partial charge in [0.05, 0.1) is 6.04 Å². The van der Waals surface area contributed by atoms with Crippen LogP contribution in [0.5, 0.6) is 0 Å². The van der Waals surface area contributed by atoms with E-state index in [0.717, 1.165) is 6.07 Å². The summed E-state index contributed by atoms with van der Waals surface area (Å²) in [6.45, 7) is 1.52. The van der Waals surface area contributed by atoms with E-state index in [9.17, 15) is 18.8 Å². The molecule has 0 amide bonds. The minimum absolute atomic E-state index is 0.0353. The number of halogens is 2. The van der Waals surface area contributed by atoms with Crippen molar-refractivity contribution in [3.8, 4) is 0 Å². The Kier molecular flexibility index (Phi) is 6.17. The normalized spacial score (nSPS) is 16.4. The minimum atomic E-state index is -0.931. The number of benzene rings is 1. The van der Waals surface area contributed by atoms with Crippen molar-refractivity contribution in [3.63, 3.8) is 0 Å². The fourth-order valence-corrected chi connectivity index (χ4v) is 3.80. The smallest absolute Gasteiger partial charge is 0.185 e. The van der Waals surface area contributed by atoms with E-state index < -0.39 is 17.7 Å². The highest BCUT2D eigenvalue weighted by Crippen LogP contribution is 2.37. The lowest BCUT2D eigenvalue weighted by molar-refractivity contribution is -0.117. The van der Waals surface area contributed by atoms with Gasteiger partial charge in [0.25, 0.3) is 0 Å². The standard InChI is InChI=1S/C17H18F2N4O3S/c1-9(24)3-2-8-27-17-15(22-26-23-17)16(21-25)20-12-7-5-10-4-6-11(18)14(19)13(10)12/h4,6,12,25H,2-3,5,7-8H2,1H3,(H,20,21). The van der Waals surface area contributed by atoms with E-state index in [-0.39, 0.29) is 22.9 Å². The van der Waals surface area contributed by atoms with Crippen LogP contribution >= 0.6 is 11.8 Å². The van der Waals surface area contributed by atoms with Crippen molar-refractivity contribution in [1.29, 1.82) is 0 Å². The van der Waals surface area contributed by atoms with Crippen LogP contribution < -0.4 is 5.48 Å². The number of aryl methyl sites for hydroxylation is 1. The lowest BCUT2D eigenvalue weighted by Crippen LogP contribution is -2.22. The van der Waals surface area contributed by atoms with E-state index in [0.29, 0.717) is 42.0 Å². The molecule has 10 heteroatoms. The SMILES string of the molecule is CC(=O)CCCSc1nonc1C(=NC1CCc2ccc(F)c(F)c21)NO. The molecule has 7 nitrogen and oxygen atoms in total. The second kappa shape index (κ2) is 8.57. The monoisotopic (exact) mass is 396 g/mol. The number of carbonyl (C=O) groups excluding carboxylic acids is 1. The average Bonchev–Trinajstić information content (AvgIpc) is 3.27. The van der Waals surface area contributed by atoms with Gasteiger partial charge >= 0.3 is 0 Å². The number of aliphatic imine (C=N–C) groups is 1. The molecular weight excluding hydrogens is 378 g/mol. The zero-order valence-electron chi connectivity index (χ0n) is 14.5. The summed E-state index contributed by atoms with van der Waals surface area (Å²) in [4.78, 5) is 15.3. The zero-order valence-corrected chi connectivity index (χ0v) is 15.4. The van der Waals surface area contributed by atoms with Crippen LogP contribution in [0.3, 0.4) is 0 Å². The quantitative estimate of drug-likeness (QED) is 0.244. The molecule has 3 rings (SSSR count). The number of aromatic nitrogens is 2. The molecule has 0 bridgehead atoms. The molecule has 0 spiro atoms. The van der Waals surface area contributed by atoms with E-state index in [1.807, 2.05) is 5.48 Å². The summed E-state index contributed by atoms with van der Waals surface area (Å²) in [5, 5.41) is 17.4. The summed E-state index contributed by atoms with van der Waals surface area (Å²) in [5.74, 6) is -1.19. The Morgan fingerprint density at radius 2 is 2.26 bits per heavy atom. The molecular formula is C17H18F2N4O3S. The summed E-state index contributed by atoms with van der Waals surface area (Å²) in [6, 6.07) is 1.99. The Morgan fingerprint density at radius 1 is 1.44 bits per heavy atom. The van der Waals surface area contributed by atoms with Gasteiger partial charge in [0.1, 0.15) is 5.78 Å². The fourth-order valence-electron chi connectivity index (χ4n) is 2.96. The molecule has 1 heterocycles. The maximum Gasteiger partial charge on any atom is 0.185 e. The molecule has 2 N–H and O–H groups in total. The van der Waals surface area contributed by atoms with Crippen LogP contribution in [0, 0.1) is 11.6 Å². The summed E-state index contributed by atoms with van der Waals surface area (Å²) in [5.41, 5.74) is 3.01. The van der Waals surface area contributed by atoms with Crippen LogP contribution in [-0.4, -0.2) is 32.9 Å². The second-order valence-corrected chi connectivity index (χ2v) is 7.23. The van der Waals surface area contributed by atoms with Gasteiger partial charge in [0.2, 0.25) is 0 Å². The Morgan fingerprint density at radius 3 is 3.00 bits per heavy atom. The molecule has 1 aliphatic carbocycles. The molecule has 144 valence electrons. The topological polar surface area (TPSA) is 101 Å². The van der Waals surface area contributed by atoms with Gasteiger partial charge in [-0.2, -0.15) is 0 Å². The number of hydroxylamine groups is 1. The number of nitrogens with one attached hydrogen (secondary N) is 1. The first-order valence-electron chi connectivity index (χ1n) is 8.41. The predicted octanol–water partition coefficient (Wildman–Crippen LogP) is 3.22. The van der Waals surface area contributed by atoms with Gasteiger partial charge in [-0.1, -0.05) is 6.07 Å². The predicted molar refractivity (Wildman–Crippen MR) is 93.8 cm³/mol. The van der Waals surface area contributed by atoms with Crippen LogP contribution in [-0.2, 0) is 11.2 Å². The summed E-state index contributed by atoms with van der Waals surface area (Å²) >= 11 is 1.30. The van der Waals surface area contributed by atoms with Crippen molar-refractivity contribution in [3.05, 3.63) is 40.6 Å². The van der Waals surface area contributed by atoms with Crippen molar-refractivity contribution in [2.24, 2.45) is 4.99 Å². The fraction of sp³-hybridized carbons (Fsp3) is 0.412. The Hall–Kier alpha value is -2.33. The summed E-state index contributed by atoms with van der Waals surface area (Å²) < 4.78 is 32.5. The van der Waals surface area contributed by atoms with E-state index in [2.05, 4.69) is 15.3 Å². The minimum Gasteiger partial charge on any atom is -0.300 e. The van der Waals surface area contributed by atoms with Gasteiger partial charge in [-0.3, -0.25) is 15.7 Å². The number of fused-ring (bicyclic) bond motifs is 1. The zero-order chi connectivity index (χ0) is 19.4. The third-order valence-electron chi connectivity index (χ3n) is 4.23. The van der Waals surface area contributed by atoms with Crippen molar-refractivity contribution in [1.82, 2.24) is 15.8 Å². The molecule has 1 aliphatic rings. The molecule has 0 saturated carbocycles. The first-order valence-corrected chi connectivity index (χ1v) is 9.39. The lowest BCUT2D eigenvalue weighted by atomic mass is 10.1. The Balaban J connectivity index is 1.81. The number of amidine groups is 1. The average molecular weight is 396 g/mol. The number of Topliss-reactive ketones (excluding diaryl/α,β-unsaturated/α-hetero) is 1. The van der Waals surface area contributed by atoms with Crippen LogP contribution in [0.2, 0.25) is 0 Å². The van der Waals surface area contributed by atoms with Crippen LogP contribution in [0.15, 0.2) is 26.8 Å². The van der Waals surface area contributed by atoms with E-state index in [1.165, 1.54) is 18.7 Å². The van der Waals surface area contributed by atoms with Crippen molar-refractivity contribution in [2.45, 2.75) is 43.7 Å². The molecule has 1 atom stereocenters. The van der Waals surface area contributed by atoms with E-state index >= 15 is 0 Å². The number of thioether (sulfide) groups is 1. The van der Waals surface area contributed by atoms with Gasteiger partial charge in [-0.05, 0) is 48.1 Å². The Bertz CT molecular complexity index is 872. The highest BCUT2D eigenvalue weighted by molar-refractivity contribution is 7.99. The molecule has 27 heavy (non-hydrogen) atoms. The molecule has 1 unspecified atom stereocenters. The highest BCUT2D eigenvalue weighted by Gasteiger charge is 2.29. The van der Waals surface area contributed by atoms with Gasteiger partial charge < -0.3 is 4.79 Å². The third-order valence-corrected chi connectivity index (χ3v) is 5.26. The van der Waals surface area contributed by atoms with Gasteiger partial charge in [0, 0.05) is 17.7 Å². The highest BCUT2D eigenvalue weighted by atomic mass is 32.2. The summed E-state index contributed by atoms with van der Waals surface area (Å²) in [6.07, 6.45) is 2.15. The van der Waals surface area contributed by atoms with Crippen LogP contribution in [0.4, 0.5) is 8.78 Å². The molecule has 1 aromatic heterocycles. The number of ketones is 1. The number of nitrogens with zero attached hydrogens (tertiary/aromatic N) is 3. The molecule has 0 fully saturated rings. The molecule has 0 radical (unpaired) electrons. The molecule has 2 aromatic rings. The molecule has 0 saturated heterocycles. The van der Waals surface area contributed by atoms with Gasteiger partial charge in [-0.15, -0.1) is 11.8 Å². The summed E-state index contributed by atoms with van der Waals surface area (Å²) in [7, 11) is 0. The third kappa shape index (κ3) is 4.33. The van der Waals surface area contributed by atoms with Crippen molar-refractivity contribution >= 4 is 23.4 Å². The largest absolute Gasteiger partial charge is 0.300 e. The number of rotatable bonds is 7. The van der Waals surface area contributed by atoms with E-state index in [1.54, 1.807) is 6.07 Å². The van der Waals surface area contributed by atoms with Gasteiger partial charge in [0.15, 0.2) is 28.2 Å². The van der Waals surface area contributed by atoms with Crippen molar-refractivity contribution in [2.75, 3.05) is 5.75 Å². The maximum absolute atomic E-state index is 14.2. The van der Waals surface area contributed by atoms with Gasteiger partial charge in [-0.25, -0.2) is 13.4 Å². The first kappa shape index (κ1) is 19.4. The van der Waals surface area contributed by atoms with E-state index in [4.69, 9.17) is 4.63 Å². The van der Waals surface area contributed by atoms with Crippen LogP contribution in [0.25, 0.3) is 0 Å². The van der Waals surface area contributed by atoms with Crippen LogP contribution in [0.1, 0.15) is 49.0 Å². The number of carbonyl (C=O) groups is 1. The lowest BCUT2D eigenvalue weighted by Gasteiger charge is -2.10. The molecule has 0 aliphatic heterocycles. The second-order valence-electron chi connectivity index (χ2n) is 6.15. The molecule has 1 aromatic carbocycles.